The Morgan fingerprint density at radius 3 is 2.58 bits per heavy atom. The minimum absolute atomic E-state index is 0.603. The fourth-order valence-electron chi connectivity index (χ4n) is 2.45. The molecule has 0 bridgehead atoms. The van der Waals surface area contributed by atoms with Gasteiger partial charge in [0.15, 0.2) is 0 Å². The van der Waals surface area contributed by atoms with Crippen LogP contribution < -0.4 is 5.32 Å². The van der Waals surface area contributed by atoms with Crippen molar-refractivity contribution < 1.29 is 0 Å². The van der Waals surface area contributed by atoms with Gasteiger partial charge >= 0.3 is 0 Å². The molecule has 1 aromatic rings. The molecule has 0 saturated heterocycles. The molecule has 1 unspecified atom stereocenters. The third-order valence-electron chi connectivity index (χ3n) is 3.68. The minimum Gasteiger partial charge on any atom is -0.314 e. The lowest BCUT2D eigenvalue weighted by Gasteiger charge is -2.18. The molecule has 1 atom stereocenters. The van der Waals surface area contributed by atoms with Crippen molar-refractivity contribution in [1.29, 1.82) is 0 Å². The van der Waals surface area contributed by atoms with Crippen LogP contribution in [0.5, 0.6) is 0 Å². The van der Waals surface area contributed by atoms with Gasteiger partial charge in [0.2, 0.25) is 0 Å². The lowest BCUT2D eigenvalue weighted by molar-refractivity contribution is 0.446. The number of aromatic nitrogens is 2. The molecule has 3 nitrogen and oxygen atoms in total. The van der Waals surface area contributed by atoms with Crippen LogP contribution in [-0.4, -0.2) is 22.4 Å². The van der Waals surface area contributed by atoms with Crippen LogP contribution in [-0.2, 0) is 19.9 Å². The zero-order valence-corrected chi connectivity index (χ0v) is 13.2. The van der Waals surface area contributed by atoms with Crippen LogP contribution in [0.15, 0.2) is 6.07 Å². The van der Waals surface area contributed by atoms with Crippen LogP contribution in [0.2, 0.25) is 0 Å². The highest BCUT2D eigenvalue weighted by atomic mass is 15.3. The van der Waals surface area contributed by atoms with Crippen molar-refractivity contribution in [3.8, 4) is 0 Å². The molecule has 1 aromatic heterocycles. The molecular formula is C16H31N3. The van der Waals surface area contributed by atoms with Crippen LogP contribution in [0.3, 0.4) is 0 Å². The average molecular weight is 265 g/mol. The number of nitrogens with zero attached hydrogens (tertiary/aromatic N) is 2. The first-order valence-electron chi connectivity index (χ1n) is 7.96. The zero-order valence-electron chi connectivity index (χ0n) is 13.2. The monoisotopic (exact) mass is 265 g/mol. The summed E-state index contributed by atoms with van der Waals surface area (Å²) in [5, 5.41) is 8.24. The molecule has 0 saturated carbocycles. The van der Waals surface area contributed by atoms with Gasteiger partial charge in [-0.15, -0.1) is 0 Å². The predicted molar refractivity (Wildman–Crippen MR) is 82.5 cm³/mol. The molecule has 1 heterocycles. The lowest BCUT2D eigenvalue weighted by Crippen LogP contribution is -2.32. The Morgan fingerprint density at radius 1 is 1.21 bits per heavy atom. The summed E-state index contributed by atoms with van der Waals surface area (Å²) in [4.78, 5) is 0. The van der Waals surface area contributed by atoms with Crippen molar-refractivity contribution in [2.24, 2.45) is 7.05 Å². The summed E-state index contributed by atoms with van der Waals surface area (Å²) in [7, 11) is 2.07. The Labute approximate surface area is 118 Å². The molecule has 0 spiro atoms. The van der Waals surface area contributed by atoms with E-state index in [1.54, 1.807) is 0 Å². The summed E-state index contributed by atoms with van der Waals surface area (Å²) in [6.45, 7) is 7.79. The van der Waals surface area contributed by atoms with E-state index >= 15 is 0 Å². The first kappa shape index (κ1) is 16.2. The van der Waals surface area contributed by atoms with Crippen LogP contribution in [0.1, 0.15) is 64.3 Å². The Bertz CT molecular complexity index is 344. The van der Waals surface area contributed by atoms with Crippen LogP contribution in [0.4, 0.5) is 0 Å². The van der Waals surface area contributed by atoms with E-state index in [4.69, 9.17) is 0 Å². The summed E-state index contributed by atoms with van der Waals surface area (Å²) in [6.07, 6.45) is 8.58. The molecule has 0 amide bonds. The van der Waals surface area contributed by atoms with Gasteiger partial charge in [0.25, 0.3) is 0 Å². The number of hydrogen-bond donors (Lipinski definition) is 1. The first-order valence-corrected chi connectivity index (χ1v) is 7.96. The summed E-state index contributed by atoms with van der Waals surface area (Å²) in [6, 6.07) is 2.87. The third-order valence-corrected chi connectivity index (χ3v) is 3.68. The highest BCUT2D eigenvalue weighted by molar-refractivity contribution is 5.11. The van der Waals surface area contributed by atoms with Gasteiger partial charge in [-0.1, -0.05) is 40.0 Å². The predicted octanol–water partition coefficient (Wildman–Crippen LogP) is 3.47. The van der Waals surface area contributed by atoms with Gasteiger partial charge in [0.1, 0.15) is 0 Å². The topological polar surface area (TPSA) is 29.9 Å². The second kappa shape index (κ2) is 9.13. The zero-order chi connectivity index (χ0) is 14.1. The molecule has 1 rings (SSSR count). The Morgan fingerprint density at radius 2 is 2.00 bits per heavy atom. The van der Waals surface area contributed by atoms with Gasteiger partial charge < -0.3 is 5.32 Å². The second-order valence-electron chi connectivity index (χ2n) is 5.46. The van der Waals surface area contributed by atoms with Gasteiger partial charge in [-0.3, -0.25) is 4.68 Å². The molecule has 19 heavy (non-hydrogen) atoms. The van der Waals surface area contributed by atoms with E-state index in [-0.39, 0.29) is 0 Å². The van der Waals surface area contributed by atoms with Crippen LogP contribution in [0.25, 0.3) is 0 Å². The molecule has 0 aliphatic heterocycles. The fourth-order valence-corrected chi connectivity index (χ4v) is 2.45. The van der Waals surface area contributed by atoms with Gasteiger partial charge in [-0.25, -0.2) is 0 Å². The van der Waals surface area contributed by atoms with Gasteiger partial charge in [-0.05, 0) is 31.9 Å². The Balaban J connectivity index is 2.55. The maximum Gasteiger partial charge on any atom is 0.0624 e. The van der Waals surface area contributed by atoms with E-state index < -0.39 is 0 Å². The van der Waals surface area contributed by atoms with Crippen LogP contribution in [0, 0.1) is 0 Å². The Kier molecular flexibility index (Phi) is 7.80. The van der Waals surface area contributed by atoms with Crippen molar-refractivity contribution in [1.82, 2.24) is 15.1 Å². The Hall–Kier alpha value is -0.830. The van der Waals surface area contributed by atoms with Crippen molar-refractivity contribution in [2.45, 2.75) is 71.8 Å². The van der Waals surface area contributed by atoms with E-state index in [1.165, 1.54) is 43.5 Å². The molecule has 0 aromatic carbocycles. The van der Waals surface area contributed by atoms with Gasteiger partial charge in [0.05, 0.1) is 5.69 Å². The quantitative estimate of drug-likeness (QED) is 0.656. The minimum atomic E-state index is 0.603. The van der Waals surface area contributed by atoms with E-state index in [9.17, 15) is 0 Å². The standard InChI is InChI=1S/C16H31N3/c1-5-8-9-10-15(17-11-6-2)13-16-12-14(7-3)18-19(16)4/h12,15,17H,5-11,13H2,1-4H3. The van der Waals surface area contributed by atoms with E-state index in [0.717, 1.165) is 19.4 Å². The summed E-state index contributed by atoms with van der Waals surface area (Å²) < 4.78 is 2.05. The van der Waals surface area contributed by atoms with Crippen molar-refractivity contribution in [3.05, 3.63) is 17.5 Å². The van der Waals surface area contributed by atoms with Crippen molar-refractivity contribution in [3.63, 3.8) is 0 Å². The summed E-state index contributed by atoms with van der Waals surface area (Å²) in [5.41, 5.74) is 2.57. The molecule has 110 valence electrons. The average Bonchev–Trinajstić information content (AvgIpc) is 2.76. The molecule has 0 aliphatic carbocycles. The smallest absolute Gasteiger partial charge is 0.0624 e. The highest BCUT2D eigenvalue weighted by Gasteiger charge is 2.12. The molecule has 0 radical (unpaired) electrons. The molecular weight excluding hydrogens is 234 g/mol. The number of unbranched alkanes of at least 4 members (excludes halogenated alkanes) is 2. The molecule has 3 heteroatoms. The summed E-state index contributed by atoms with van der Waals surface area (Å²) in [5.74, 6) is 0. The van der Waals surface area contributed by atoms with E-state index in [2.05, 4.69) is 49.0 Å². The van der Waals surface area contributed by atoms with Gasteiger partial charge in [0, 0.05) is 25.2 Å². The molecule has 0 aliphatic rings. The molecule has 0 fully saturated rings. The number of nitrogens with one attached hydrogen (secondary N) is 1. The van der Waals surface area contributed by atoms with Gasteiger partial charge in [-0.2, -0.15) is 5.10 Å². The normalized spacial score (nSPS) is 12.8. The fraction of sp³-hybridized carbons (Fsp3) is 0.812. The SMILES string of the molecule is CCCCCC(Cc1cc(CC)nn1C)NCCC. The van der Waals surface area contributed by atoms with Crippen LogP contribution >= 0.6 is 0 Å². The first-order chi connectivity index (χ1) is 9.21. The van der Waals surface area contributed by atoms with Crippen molar-refractivity contribution >= 4 is 0 Å². The lowest BCUT2D eigenvalue weighted by atomic mass is 10.0. The van der Waals surface area contributed by atoms with E-state index in [0.29, 0.717) is 6.04 Å². The van der Waals surface area contributed by atoms with E-state index in [1.807, 2.05) is 0 Å². The maximum absolute atomic E-state index is 4.55. The third kappa shape index (κ3) is 5.77. The van der Waals surface area contributed by atoms with Crippen molar-refractivity contribution in [2.75, 3.05) is 6.54 Å². The summed E-state index contributed by atoms with van der Waals surface area (Å²) >= 11 is 0. The number of rotatable bonds is 10. The number of aryl methyl sites for hydroxylation is 2. The molecule has 1 N–H and O–H groups in total. The highest BCUT2D eigenvalue weighted by Crippen LogP contribution is 2.11. The maximum atomic E-state index is 4.55. The second-order valence-corrected chi connectivity index (χ2v) is 5.46. The largest absolute Gasteiger partial charge is 0.314 e. The number of hydrogen-bond acceptors (Lipinski definition) is 2.